The van der Waals surface area contributed by atoms with Crippen LogP contribution >= 0.6 is 0 Å². The minimum atomic E-state index is -0.165. The Labute approximate surface area is 155 Å². The van der Waals surface area contributed by atoms with Crippen LogP contribution in [0.3, 0.4) is 0 Å². The van der Waals surface area contributed by atoms with Crippen molar-refractivity contribution in [2.75, 3.05) is 18.0 Å². The lowest BCUT2D eigenvalue weighted by atomic mass is 9.68. The van der Waals surface area contributed by atoms with Crippen molar-refractivity contribution >= 4 is 11.6 Å². The summed E-state index contributed by atoms with van der Waals surface area (Å²) in [6, 6.07) is 5.39. The van der Waals surface area contributed by atoms with Gasteiger partial charge in [0, 0.05) is 23.1 Å². The third-order valence-corrected chi connectivity index (χ3v) is 7.40. The summed E-state index contributed by atoms with van der Waals surface area (Å²) in [4.78, 5) is 15.7. The summed E-state index contributed by atoms with van der Waals surface area (Å²) < 4.78 is 14.2. The van der Waals surface area contributed by atoms with Crippen molar-refractivity contribution in [3.8, 4) is 0 Å². The molecule has 1 spiro atoms. The first kappa shape index (κ1) is 16.7. The summed E-state index contributed by atoms with van der Waals surface area (Å²) in [5, 5.41) is 3.47. The molecule has 0 radical (unpaired) electrons. The molecule has 2 heterocycles. The number of amides is 1. The molecule has 3 fully saturated rings. The normalized spacial score (nSPS) is 27.9. The molecule has 0 unspecified atom stereocenters. The van der Waals surface area contributed by atoms with Crippen molar-refractivity contribution in [2.45, 2.75) is 69.2 Å². The number of hydrogen-bond acceptors (Lipinski definition) is 2. The molecule has 1 saturated heterocycles. The lowest BCUT2D eigenvalue weighted by molar-refractivity contribution is -0.123. The van der Waals surface area contributed by atoms with Gasteiger partial charge in [-0.3, -0.25) is 4.79 Å². The first-order chi connectivity index (χ1) is 12.7. The highest BCUT2D eigenvalue weighted by Gasteiger charge is 2.54. The number of benzene rings is 1. The molecule has 1 aromatic rings. The molecule has 26 heavy (non-hydrogen) atoms. The molecular formula is C22H29FN2O. The largest absolute Gasteiger partial charge is 0.317 e. The Morgan fingerprint density at radius 1 is 1.15 bits per heavy atom. The fourth-order valence-electron chi connectivity index (χ4n) is 5.83. The van der Waals surface area contributed by atoms with E-state index in [9.17, 15) is 9.18 Å². The number of halogens is 1. The summed E-state index contributed by atoms with van der Waals surface area (Å²) >= 11 is 0. The average molecular weight is 356 g/mol. The van der Waals surface area contributed by atoms with Crippen molar-refractivity contribution in [2.24, 2.45) is 11.8 Å². The zero-order valence-electron chi connectivity index (χ0n) is 15.5. The molecule has 140 valence electrons. The number of carbonyl (C=O) groups is 1. The van der Waals surface area contributed by atoms with Crippen molar-refractivity contribution in [1.82, 2.24) is 5.32 Å². The first-order valence-electron chi connectivity index (χ1n) is 10.5. The third-order valence-electron chi connectivity index (χ3n) is 7.40. The molecule has 1 amide bonds. The number of rotatable bonds is 3. The lowest BCUT2D eigenvalue weighted by Gasteiger charge is -2.42. The van der Waals surface area contributed by atoms with Gasteiger partial charge in [0.15, 0.2) is 0 Å². The second-order valence-corrected chi connectivity index (χ2v) is 8.95. The van der Waals surface area contributed by atoms with Gasteiger partial charge in [0.25, 0.3) is 0 Å². The molecule has 5 rings (SSSR count). The molecule has 0 aromatic heterocycles. The van der Waals surface area contributed by atoms with Crippen LogP contribution in [0.5, 0.6) is 0 Å². The van der Waals surface area contributed by atoms with Gasteiger partial charge < -0.3 is 10.2 Å². The molecule has 1 N–H and O–H groups in total. The summed E-state index contributed by atoms with van der Waals surface area (Å²) in [5.41, 5.74) is 2.06. The van der Waals surface area contributed by atoms with E-state index in [0.717, 1.165) is 62.4 Å². The smallest absolute Gasteiger partial charge is 0.230 e. The van der Waals surface area contributed by atoms with Crippen molar-refractivity contribution < 1.29 is 9.18 Å². The number of nitrogens with one attached hydrogen (secondary N) is 1. The number of anilines is 1. The van der Waals surface area contributed by atoms with Crippen LogP contribution in [-0.2, 0) is 10.2 Å². The Morgan fingerprint density at radius 3 is 2.58 bits per heavy atom. The van der Waals surface area contributed by atoms with E-state index in [-0.39, 0.29) is 23.2 Å². The highest BCUT2D eigenvalue weighted by atomic mass is 19.1. The topological polar surface area (TPSA) is 32.3 Å². The standard InChI is InChI=1S/C22H29FN2O/c23-17-7-8-19-18(14-17)22(9-11-24-12-10-22)20(13-15-5-6-15)25(19)21(26)16-3-1-2-4-16/h7-8,14-16,20,24H,1-6,9-13H2/t20-/m1/s1. The molecule has 1 aromatic carbocycles. The second kappa shape index (κ2) is 6.33. The van der Waals surface area contributed by atoms with Gasteiger partial charge in [-0.15, -0.1) is 0 Å². The number of nitrogens with zero attached hydrogens (tertiary/aromatic N) is 1. The lowest BCUT2D eigenvalue weighted by Crippen LogP contribution is -2.53. The number of fused-ring (bicyclic) bond motifs is 2. The molecule has 4 aliphatic rings. The molecule has 3 nitrogen and oxygen atoms in total. The monoisotopic (exact) mass is 356 g/mol. The predicted molar refractivity (Wildman–Crippen MR) is 101 cm³/mol. The maximum atomic E-state index is 14.2. The van der Waals surface area contributed by atoms with Crippen LogP contribution in [-0.4, -0.2) is 25.0 Å². The maximum absolute atomic E-state index is 14.2. The summed E-state index contributed by atoms with van der Waals surface area (Å²) in [6.07, 6.45) is 10.1. The van der Waals surface area contributed by atoms with Crippen molar-refractivity contribution in [3.63, 3.8) is 0 Å². The van der Waals surface area contributed by atoms with E-state index in [1.165, 1.54) is 25.7 Å². The minimum Gasteiger partial charge on any atom is -0.317 e. The van der Waals surface area contributed by atoms with Crippen molar-refractivity contribution in [3.05, 3.63) is 29.6 Å². The number of piperidine rings is 1. The first-order valence-corrected chi connectivity index (χ1v) is 10.5. The van der Waals surface area contributed by atoms with Gasteiger partial charge in [-0.05, 0) is 74.9 Å². The molecular weight excluding hydrogens is 327 g/mol. The van der Waals surface area contributed by atoms with Crippen LogP contribution in [0.2, 0.25) is 0 Å². The Kier molecular flexibility index (Phi) is 4.07. The molecule has 1 atom stereocenters. The van der Waals surface area contributed by atoms with Crippen LogP contribution in [0.15, 0.2) is 18.2 Å². The molecule has 2 aliphatic carbocycles. The molecule has 2 aliphatic heterocycles. The van der Waals surface area contributed by atoms with Crippen LogP contribution in [0.4, 0.5) is 10.1 Å². The highest BCUT2D eigenvalue weighted by Crippen LogP contribution is 2.54. The van der Waals surface area contributed by atoms with E-state index in [2.05, 4.69) is 10.2 Å². The van der Waals surface area contributed by atoms with Crippen molar-refractivity contribution in [1.29, 1.82) is 0 Å². The summed E-state index contributed by atoms with van der Waals surface area (Å²) in [7, 11) is 0. The van der Waals surface area contributed by atoms with Gasteiger partial charge in [0.2, 0.25) is 5.91 Å². The maximum Gasteiger partial charge on any atom is 0.230 e. The van der Waals surface area contributed by atoms with E-state index in [1.54, 1.807) is 12.1 Å². The second-order valence-electron chi connectivity index (χ2n) is 8.95. The van der Waals surface area contributed by atoms with Crippen LogP contribution in [0.25, 0.3) is 0 Å². The Hall–Kier alpha value is -1.42. The predicted octanol–water partition coefficient (Wildman–Crippen LogP) is 4.15. The molecule has 4 heteroatoms. The van der Waals surface area contributed by atoms with E-state index in [4.69, 9.17) is 0 Å². The van der Waals surface area contributed by atoms with Crippen LogP contribution in [0, 0.1) is 17.7 Å². The Balaban J connectivity index is 1.60. The summed E-state index contributed by atoms with van der Waals surface area (Å²) in [5.74, 6) is 1.08. The average Bonchev–Trinajstić information content (AvgIpc) is 3.24. The van der Waals surface area contributed by atoms with Gasteiger partial charge in [-0.25, -0.2) is 4.39 Å². The number of hydrogen-bond donors (Lipinski definition) is 1. The van der Waals surface area contributed by atoms with Gasteiger partial charge >= 0.3 is 0 Å². The van der Waals surface area contributed by atoms with Gasteiger partial charge in [-0.1, -0.05) is 25.7 Å². The quantitative estimate of drug-likeness (QED) is 0.882. The molecule has 2 saturated carbocycles. The van der Waals surface area contributed by atoms with Crippen LogP contribution < -0.4 is 10.2 Å². The zero-order valence-corrected chi connectivity index (χ0v) is 15.5. The Morgan fingerprint density at radius 2 is 1.88 bits per heavy atom. The number of carbonyl (C=O) groups excluding carboxylic acids is 1. The SMILES string of the molecule is O=C(C1CCCC1)N1c2ccc(F)cc2C2(CCNCC2)[C@H]1CC1CC1. The molecule has 0 bridgehead atoms. The van der Waals surface area contributed by atoms with E-state index in [1.807, 2.05) is 6.07 Å². The minimum absolute atomic E-state index is 0.0560. The zero-order chi connectivity index (χ0) is 17.7. The van der Waals surface area contributed by atoms with Crippen LogP contribution in [0.1, 0.15) is 63.4 Å². The van der Waals surface area contributed by atoms with E-state index in [0.29, 0.717) is 5.91 Å². The third kappa shape index (κ3) is 2.60. The van der Waals surface area contributed by atoms with E-state index >= 15 is 0 Å². The van der Waals surface area contributed by atoms with Gasteiger partial charge in [0.1, 0.15) is 5.82 Å². The summed E-state index contributed by atoms with van der Waals surface area (Å²) in [6.45, 7) is 1.92. The fraction of sp³-hybridized carbons (Fsp3) is 0.682. The fourth-order valence-corrected chi connectivity index (χ4v) is 5.83. The highest BCUT2D eigenvalue weighted by molar-refractivity contribution is 5.99. The Bertz CT molecular complexity index is 702. The van der Waals surface area contributed by atoms with Gasteiger partial charge in [-0.2, -0.15) is 0 Å². The van der Waals surface area contributed by atoms with E-state index < -0.39 is 0 Å². The van der Waals surface area contributed by atoms with Gasteiger partial charge in [0.05, 0.1) is 0 Å².